The molecule has 2 N–H and O–H groups in total. The van der Waals surface area contributed by atoms with Crippen molar-refractivity contribution >= 4 is 24.8 Å². The molecular formula is C19H21BN2O5. The largest absolute Gasteiger partial charge is 0.489 e. The number of aldehydes is 1. The van der Waals surface area contributed by atoms with E-state index in [0.717, 1.165) is 12.8 Å². The highest BCUT2D eigenvalue weighted by molar-refractivity contribution is 6.60. The van der Waals surface area contributed by atoms with E-state index in [9.17, 15) is 24.4 Å². The van der Waals surface area contributed by atoms with E-state index in [4.69, 9.17) is 0 Å². The highest BCUT2D eigenvalue weighted by Gasteiger charge is 2.25. The Morgan fingerprint density at radius 2 is 1.93 bits per heavy atom. The van der Waals surface area contributed by atoms with Crippen molar-refractivity contribution in [3.05, 3.63) is 64.1 Å². The normalized spacial score (nSPS) is 14.8. The Balaban J connectivity index is 1.64. The number of amides is 1. The van der Waals surface area contributed by atoms with Crippen molar-refractivity contribution in [3.63, 3.8) is 0 Å². The second kappa shape index (κ2) is 8.32. The Morgan fingerprint density at radius 3 is 2.56 bits per heavy atom. The molecule has 1 saturated heterocycles. The molecule has 1 aliphatic rings. The Morgan fingerprint density at radius 1 is 1.19 bits per heavy atom. The van der Waals surface area contributed by atoms with E-state index >= 15 is 0 Å². The zero-order valence-electron chi connectivity index (χ0n) is 14.8. The number of hydrogen-bond donors (Lipinski definition) is 2. The Kier molecular flexibility index (Phi) is 5.88. The van der Waals surface area contributed by atoms with Crippen LogP contribution in [-0.4, -0.2) is 51.9 Å². The third-order valence-electron chi connectivity index (χ3n) is 4.99. The number of likely N-dealkylation sites (tertiary alicyclic amines) is 1. The van der Waals surface area contributed by atoms with E-state index in [0.29, 0.717) is 37.4 Å². The molecule has 3 rings (SSSR count). The SMILES string of the molecule is O=Cc1cc(C(=O)N2CCC(Cn3ccccc3=O)CC2)ccc1B(O)O. The molecule has 1 amide bonds. The topological polar surface area (TPSA) is 99.8 Å². The maximum atomic E-state index is 12.7. The van der Waals surface area contributed by atoms with Crippen molar-refractivity contribution in [2.45, 2.75) is 19.4 Å². The van der Waals surface area contributed by atoms with Crippen molar-refractivity contribution in [2.24, 2.45) is 5.92 Å². The molecule has 0 bridgehead atoms. The molecule has 0 atom stereocenters. The Bertz CT molecular complexity index is 888. The van der Waals surface area contributed by atoms with Gasteiger partial charge in [-0.3, -0.25) is 14.4 Å². The van der Waals surface area contributed by atoms with E-state index in [1.165, 1.54) is 24.3 Å². The molecule has 0 radical (unpaired) electrons. The van der Waals surface area contributed by atoms with Gasteiger partial charge in [0, 0.05) is 43.0 Å². The summed E-state index contributed by atoms with van der Waals surface area (Å²) in [5.74, 6) is 0.138. The average Bonchev–Trinajstić information content (AvgIpc) is 2.69. The lowest BCUT2D eigenvalue weighted by atomic mass is 9.76. The summed E-state index contributed by atoms with van der Waals surface area (Å²) in [7, 11) is -1.76. The number of aromatic nitrogens is 1. The molecule has 7 nitrogen and oxygen atoms in total. The standard InChI is InChI=1S/C19H21BN2O5/c23-13-16-11-15(4-5-17(16)20(26)27)19(25)21-9-6-14(7-10-21)12-22-8-2-1-3-18(22)24/h1-5,8,11,13-14,26-27H,6-7,9-10,12H2. The average molecular weight is 368 g/mol. The van der Waals surface area contributed by atoms with Gasteiger partial charge in [0.1, 0.15) is 6.29 Å². The molecule has 0 unspecified atom stereocenters. The van der Waals surface area contributed by atoms with Crippen LogP contribution >= 0.6 is 0 Å². The van der Waals surface area contributed by atoms with Crippen molar-refractivity contribution in [3.8, 4) is 0 Å². The fourth-order valence-corrected chi connectivity index (χ4v) is 3.44. The highest BCUT2D eigenvalue weighted by Crippen LogP contribution is 2.20. The van der Waals surface area contributed by atoms with Crippen molar-refractivity contribution in [2.75, 3.05) is 13.1 Å². The van der Waals surface area contributed by atoms with Crippen molar-refractivity contribution < 1.29 is 19.6 Å². The summed E-state index contributed by atoms with van der Waals surface area (Å²) < 4.78 is 1.69. The molecule has 1 aromatic heterocycles. The van der Waals surface area contributed by atoms with Gasteiger partial charge in [0.2, 0.25) is 0 Å². The molecular weight excluding hydrogens is 347 g/mol. The molecule has 1 aliphatic heterocycles. The highest BCUT2D eigenvalue weighted by atomic mass is 16.4. The Labute approximate surface area is 157 Å². The van der Waals surface area contributed by atoms with Gasteiger partial charge in [-0.05, 0) is 42.4 Å². The van der Waals surface area contributed by atoms with Gasteiger partial charge in [0.05, 0.1) is 0 Å². The number of hydrogen-bond acceptors (Lipinski definition) is 5. The van der Waals surface area contributed by atoms with Gasteiger partial charge in [-0.2, -0.15) is 0 Å². The molecule has 0 aliphatic carbocycles. The minimum atomic E-state index is -1.76. The number of nitrogens with zero attached hydrogens (tertiary/aromatic N) is 2. The molecule has 27 heavy (non-hydrogen) atoms. The molecule has 1 aromatic carbocycles. The van der Waals surface area contributed by atoms with Crippen LogP contribution in [0.15, 0.2) is 47.4 Å². The molecule has 0 spiro atoms. The summed E-state index contributed by atoms with van der Waals surface area (Å²) in [6.45, 7) is 1.79. The third-order valence-corrected chi connectivity index (χ3v) is 4.99. The summed E-state index contributed by atoms with van der Waals surface area (Å²) in [5, 5.41) is 18.5. The smallest absolute Gasteiger partial charge is 0.423 e. The van der Waals surface area contributed by atoms with Gasteiger partial charge in [-0.1, -0.05) is 12.1 Å². The first-order chi connectivity index (χ1) is 13.0. The molecule has 2 aromatic rings. The van der Waals surface area contributed by atoms with Gasteiger partial charge < -0.3 is 19.5 Å². The summed E-state index contributed by atoms with van der Waals surface area (Å²) in [6.07, 6.45) is 3.87. The van der Waals surface area contributed by atoms with Gasteiger partial charge >= 0.3 is 7.12 Å². The number of pyridine rings is 1. The number of piperidine rings is 1. The molecule has 0 saturated carbocycles. The third kappa shape index (κ3) is 4.35. The van der Waals surface area contributed by atoms with Crippen molar-refractivity contribution in [1.29, 1.82) is 0 Å². The summed E-state index contributed by atoms with van der Waals surface area (Å²) >= 11 is 0. The van der Waals surface area contributed by atoms with Crippen LogP contribution in [0.25, 0.3) is 0 Å². The molecule has 2 heterocycles. The first-order valence-electron chi connectivity index (χ1n) is 8.89. The van der Waals surface area contributed by atoms with Gasteiger partial charge in [-0.25, -0.2) is 0 Å². The van der Waals surface area contributed by atoms with E-state index in [-0.39, 0.29) is 22.5 Å². The lowest BCUT2D eigenvalue weighted by molar-refractivity contribution is 0.0682. The first kappa shape index (κ1) is 19.1. The van der Waals surface area contributed by atoms with E-state index in [1.54, 1.807) is 21.7 Å². The van der Waals surface area contributed by atoms with Crippen LogP contribution in [0.5, 0.6) is 0 Å². The number of carbonyl (C=O) groups excluding carboxylic acids is 2. The molecule has 8 heteroatoms. The van der Waals surface area contributed by atoms with Gasteiger partial charge in [-0.15, -0.1) is 0 Å². The van der Waals surface area contributed by atoms with Crippen LogP contribution < -0.4 is 11.0 Å². The van der Waals surface area contributed by atoms with Crippen LogP contribution in [0.4, 0.5) is 0 Å². The fourth-order valence-electron chi connectivity index (χ4n) is 3.44. The predicted molar refractivity (Wildman–Crippen MR) is 101 cm³/mol. The van der Waals surface area contributed by atoms with E-state index in [2.05, 4.69) is 0 Å². The lowest BCUT2D eigenvalue weighted by Crippen LogP contribution is -2.40. The number of carbonyl (C=O) groups is 2. The van der Waals surface area contributed by atoms with Gasteiger partial charge in [0.15, 0.2) is 0 Å². The fraction of sp³-hybridized carbons (Fsp3) is 0.316. The number of rotatable bonds is 5. The van der Waals surface area contributed by atoms with Crippen LogP contribution in [-0.2, 0) is 6.54 Å². The monoisotopic (exact) mass is 368 g/mol. The lowest BCUT2D eigenvalue weighted by Gasteiger charge is -2.32. The van der Waals surface area contributed by atoms with E-state index < -0.39 is 7.12 Å². The van der Waals surface area contributed by atoms with Crippen molar-refractivity contribution in [1.82, 2.24) is 9.47 Å². The minimum Gasteiger partial charge on any atom is -0.423 e. The summed E-state index contributed by atoms with van der Waals surface area (Å²) in [4.78, 5) is 37.4. The maximum absolute atomic E-state index is 12.7. The van der Waals surface area contributed by atoms with Crippen LogP contribution in [0.2, 0.25) is 0 Å². The second-order valence-electron chi connectivity index (χ2n) is 6.76. The first-order valence-corrected chi connectivity index (χ1v) is 8.89. The predicted octanol–water partition coefficient (Wildman–Crippen LogP) is -0.107. The maximum Gasteiger partial charge on any atom is 0.489 e. The Hall–Kier alpha value is -2.71. The van der Waals surface area contributed by atoms with Crippen LogP contribution in [0.3, 0.4) is 0 Å². The van der Waals surface area contributed by atoms with E-state index in [1.807, 2.05) is 6.07 Å². The van der Waals surface area contributed by atoms with Crippen LogP contribution in [0, 0.1) is 5.92 Å². The zero-order valence-corrected chi connectivity index (χ0v) is 14.8. The van der Waals surface area contributed by atoms with Gasteiger partial charge in [0.25, 0.3) is 11.5 Å². The minimum absolute atomic E-state index is 0.0245. The molecule has 1 fully saturated rings. The summed E-state index contributed by atoms with van der Waals surface area (Å²) in [5.41, 5.74) is 0.491. The van der Waals surface area contributed by atoms with Crippen LogP contribution in [0.1, 0.15) is 33.6 Å². The second-order valence-corrected chi connectivity index (χ2v) is 6.76. The molecule has 140 valence electrons. The zero-order chi connectivity index (χ0) is 19.4. The number of benzene rings is 1. The quantitative estimate of drug-likeness (QED) is 0.567. The summed E-state index contributed by atoms with van der Waals surface area (Å²) in [6, 6.07) is 9.36.